The second kappa shape index (κ2) is 51.8. The maximum Gasteiger partial charge on any atom is 0.472 e. The van der Waals surface area contributed by atoms with Gasteiger partial charge in [0.2, 0.25) is 0 Å². The van der Waals surface area contributed by atoms with Gasteiger partial charge in [0.05, 0.1) is 34.4 Å². The molecule has 402 valence electrons. The molecule has 0 aromatic carbocycles. The monoisotopic (exact) mass is 973 g/mol. The number of ether oxygens (including phenoxy) is 2. The predicted molar refractivity (Wildman–Crippen MR) is 289 cm³/mol. The summed E-state index contributed by atoms with van der Waals surface area (Å²) in [7, 11) is 1.69. The molecule has 0 aromatic heterocycles. The topological polar surface area (TPSA) is 91.3 Å². The van der Waals surface area contributed by atoms with Gasteiger partial charge < -0.3 is 18.9 Å². The Bertz CT molecular complexity index is 1040. The summed E-state index contributed by atoms with van der Waals surface area (Å²) in [5.74, 6) is -0.304. The second-order valence-electron chi connectivity index (χ2n) is 21.8. The van der Waals surface area contributed by atoms with Crippen molar-refractivity contribution in [3.63, 3.8) is 0 Å². The van der Waals surface area contributed by atoms with Crippen molar-refractivity contribution in [3.8, 4) is 0 Å². The van der Waals surface area contributed by atoms with E-state index >= 15 is 0 Å². The van der Waals surface area contributed by atoms with E-state index in [0.29, 0.717) is 24.1 Å². The molecular formula is C58H119NO7P+. The summed E-state index contributed by atoms with van der Waals surface area (Å²) in [4.78, 5) is 23.0. The molecule has 67 heavy (non-hydrogen) atoms. The maximum atomic E-state index is 12.8. The Hall–Kier alpha value is -0.500. The lowest BCUT2D eigenvalue weighted by Crippen LogP contribution is -2.37. The minimum atomic E-state index is -4.27. The Morgan fingerprint density at radius 3 is 0.985 bits per heavy atom. The van der Waals surface area contributed by atoms with E-state index in [0.717, 1.165) is 32.1 Å². The minimum Gasteiger partial charge on any atom is -0.457 e. The first kappa shape index (κ1) is 66.5. The first-order valence-corrected chi connectivity index (χ1v) is 31.3. The zero-order valence-electron chi connectivity index (χ0n) is 45.9. The predicted octanol–water partition coefficient (Wildman–Crippen LogP) is 18.7. The molecule has 0 heterocycles. The molecule has 0 radical (unpaired) electrons. The Labute approximate surface area is 418 Å². The summed E-state index contributed by atoms with van der Waals surface area (Å²) in [6.07, 6.45) is 60.5. The molecule has 8 nitrogen and oxygen atoms in total. The van der Waals surface area contributed by atoms with Crippen molar-refractivity contribution in [2.24, 2.45) is 0 Å². The quantitative estimate of drug-likeness (QED) is 0.0281. The molecule has 0 bridgehead atoms. The van der Waals surface area contributed by atoms with Gasteiger partial charge in [-0.1, -0.05) is 290 Å². The third kappa shape index (κ3) is 56.3. The van der Waals surface area contributed by atoms with Crippen LogP contribution < -0.4 is 0 Å². The van der Waals surface area contributed by atoms with E-state index in [1.54, 1.807) is 0 Å². The molecule has 0 spiro atoms. The fourth-order valence-electron chi connectivity index (χ4n) is 9.09. The lowest BCUT2D eigenvalue weighted by atomic mass is 10.0. The number of phosphoric ester groups is 1. The van der Waals surface area contributed by atoms with E-state index in [9.17, 15) is 14.3 Å². The zero-order chi connectivity index (χ0) is 49.0. The van der Waals surface area contributed by atoms with Crippen LogP contribution in [0.3, 0.4) is 0 Å². The lowest BCUT2D eigenvalue weighted by Gasteiger charge is -2.24. The SMILES string of the molecule is CCCCCCCCCCCCCCCCCCCCCCCCCCCCCCCCCCCC(=O)O[C@H](COCCCCCCCCCCCCCC)COP(=O)(O)OCC[N+](C)(C)C. The molecule has 9 heteroatoms. The third-order valence-electron chi connectivity index (χ3n) is 13.7. The summed E-state index contributed by atoms with van der Waals surface area (Å²) in [6, 6.07) is 0. The smallest absolute Gasteiger partial charge is 0.457 e. The normalized spacial score (nSPS) is 13.3. The van der Waals surface area contributed by atoms with E-state index in [-0.39, 0.29) is 25.8 Å². The summed E-state index contributed by atoms with van der Waals surface area (Å²) >= 11 is 0. The molecule has 0 aliphatic carbocycles. The number of carbonyl (C=O) groups excluding carboxylic acids is 1. The van der Waals surface area contributed by atoms with Crippen molar-refractivity contribution < 1.29 is 37.3 Å². The fourth-order valence-corrected chi connectivity index (χ4v) is 9.83. The van der Waals surface area contributed by atoms with Gasteiger partial charge in [-0.15, -0.1) is 0 Å². The number of likely N-dealkylation sites (N-methyl/N-ethyl adjacent to an activating group) is 1. The van der Waals surface area contributed by atoms with Crippen molar-refractivity contribution in [2.45, 2.75) is 315 Å². The van der Waals surface area contributed by atoms with Crippen molar-refractivity contribution in [2.75, 3.05) is 54.1 Å². The zero-order valence-corrected chi connectivity index (χ0v) is 46.8. The molecule has 0 aromatic rings. The molecule has 0 saturated heterocycles. The van der Waals surface area contributed by atoms with Gasteiger partial charge in [-0.3, -0.25) is 13.8 Å². The Morgan fingerprint density at radius 1 is 0.403 bits per heavy atom. The molecule has 1 unspecified atom stereocenters. The van der Waals surface area contributed by atoms with Crippen LogP contribution in [0.2, 0.25) is 0 Å². The molecule has 0 aliphatic heterocycles. The van der Waals surface area contributed by atoms with Crippen LogP contribution in [0.1, 0.15) is 309 Å². The van der Waals surface area contributed by atoms with Gasteiger partial charge in [-0.25, -0.2) is 4.57 Å². The molecule has 2 atom stereocenters. The number of carbonyl (C=O) groups is 1. The van der Waals surface area contributed by atoms with Gasteiger partial charge >= 0.3 is 13.8 Å². The standard InChI is InChI=1S/C58H118NO7P/c1-6-8-10-12-14-16-18-20-21-22-23-24-25-26-27-28-29-30-31-32-33-34-35-36-37-38-39-40-41-43-45-47-49-51-58(60)66-57(56-65-67(61,62)64-54-52-59(3,4)5)55-63-53-50-48-46-44-42-19-17-15-13-11-9-7-2/h57H,6-56H2,1-5H3/p+1/t57-/m1/s1. The van der Waals surface area contributed by atoms with Crippen LogP contribution >= 0.6 is 7.82 Å². The third-order valence-corrected chi connectivity index (χ3v) is 14.7. The molecular weight excluding hydrogens is 854 g/mol. The number of nitrogens with zero attached hydrogens (tertiary/aromatic N) is 1. The van der Waals surface area contributed by atoms with Gasteiger partial charge in [0, 0.05) is 13.0 Å². The van der Waals surface area contributed by atoms with E-state index in [2.05, 4.69) is 13.8 Å². The molecule has 0 fully saturated rings. The number of hydrogen-bond donors (Lipinski definition) is 1. The van der Waals surface area contributed by atoms with Crippen LogP contribution in [0.25, 0.3) is 0 Å². The number of unbranched alkanes of at least 4 members (excludes halogenated alkanes) is 43. The first-order valence-electron chi connectivity index (χ1n) is 29.8. The average molecular weight is 974 g/mol. The highest BCUT2D eigenvalue weighted by Gasteiger charge is 2.26. The van der Waals surface area contributed by atoms with Gasteiger partial charge in [0.1, 0.15) is 19.3 Å². The van der Waals surface area contributed by atoms with Crippen molar-refractivity contribution in [1.82, 2.24) is 0 Å². The van der Waals surface area contributed by atoms with Crippen LogP contribution in [0.15, 0.2) is 0 Å². The highest BCUT2D eigenvalue weighted by Crippen LogP contribution is 2.43. The van der Waals surface area contributed by atoms with E-state index < -0.39 is 13.9 Å². The molecule has 0 aliphatic rings. The lowest BCUT2D eigenvalue weighted by molar-refractivity contribution is -0.870. The van der Waals surface area contributed by atoms with Crippen molar-refractivity contribution >= 4 is 13.8 Å². The van der Waals surface area contributed by atoms with Gasteiger partial charge in [0.15, 0.2) is 0 Å². The summed E-state index contributed by atoms with van der Waals surface area (Å²) in [5.41, 5.74) is 0. The van der Waals surface area contributed by atoms with Crippen molar-refractivity contribution in [1.29, 1.82) is 0 Å². The molecule has 0 saturated carbocycles. The Balaban J connectivity index is 3.82. The summed E-state index contributed by atoms with van der Waals surface area (Å²) in [6.45, 7) is 5.70. The maximum absolute atomic E-state index is 12.8. The highest BCUT2D eigenvalue weighted by atomic mass is 31.2. The van der Waals surface area contributed by atoms with Crippen LogP contribution in [-0.4, -0.2) is 75.6 Å². The second-order valence-corrected chi connectivity index (χ2v) is 23.2. The largest absolute Gasteiger partial charge is 0.472 e. The number of hydrogen-bond acceptors (Lipinski definition) is 6. The van der Waals surface area contributed by atoms with Crippen molar-refractivity contribution in [3.05, 3.63) is 0 Å². The minimum absolute atomic E-state index is 0.0942. The van der Waals surface area contributed by atoms with Gasteiger partial charge in [0.25, 0.3) is 0 Å². The van der Waals surface area contributed by atoms with E-state index in [1.807, 2.05) is 21.1 Å². The number of esters is 1. The summed E-state index contributed by atoms with van der Waals surface area (Å²) < 4.78 is 35.2. The van der Waals surface area contributed by atoms with Crippen LogP contribution in [0.4, 0.5) is 0 Å². The fraction of sp³-hybridized carbons (Fsp3) is 0.983. The molecule has 1 N–H and O–H groups in total. The number of rotatable bonds is 57. The first-order chi connectivity index (χ1) is 32.6. The highest BCUT2D eigenvalue weighted by molar-refractivity contribution is 7.47. The van der Waals surface area contributed by atoms with Gasteiger partial charge in [-0.2, -0.15) is 0 Å². The number of phosphoric acid groups is 1. The van der Waals surface area contributed by atoms with E-state index in [1.165, 1.54) is 257 Å². The Kier molecular flexibility index (Phi) is 51.5. The summed E-state index contributed by atoms with van der Waals surface area (Å²) in [5, 5.41) is 0. The molecule has 0 rings (SSSR count). The van der Waals surface area contributed by atoms with Crippen LogP contribution in [0.5, 0.6) is 0 Å². The average Bonchev–Trinajstić information content (AvgIpc) is 3.29. The van der Waals surface area contributed by atoms with Crippen LogP contribution in [0, 0.1) is 0 Å². The number of quaternary nitrogens is 1. The Morgan fingerprint density at radius 2 is 0.687 bits per heavy atom. The molecule has 0 amide bonds. The van der Waals surface area contributed by atoms with E-state index in [4.69, 9.17) is 18.5 Å². The van der Waals surface area contributed by atoms with Crippen LogP contribution in [-0.2, 0) is 27.9 Å². The van der Waals surface area contributed by atoms with Gasteiger partial charge in [-0.05, 0) is 12.8 Å².